The van der Waals surface area contributed by atoms with Crippen LogP contribution in [0.2, 0.25) is 0 Å². The van der Waals surface area contributed by atoms with Crippen molar-refractivity contribution in [2.75, 3.05) is 0 Å². The van der Waals surface area contributed by atoms with Crippen molar-refractivity contribution in [1.29, 1.82) is 5.26 Å². The van der Waals surface area contributed by atoms with Gasteiger partial charge < -0.3 is 9.55 Å². The second-order valence-corrected chi connectivity index (χ2v) is 12.0. The molecule has 0 radical (unpaired) electrons. The summed E-state index contributed by atoms with van der Waals surface area (Å²) >= 11 is 0. The molecule has 3 aromatic heterocycles. The smallest absolute Gasteiger partial charge is 0.333 e. The highest BCUT2D eigenvalue weighted by molar-refractivity contribution is 7.86. The summed E-state index contributed by atoms with van der Waals surface area (Å²) in [4.78, 5) is 21.2. The number of nitrogens with one attached hydrogen (secondary N) is 1. The summed E-state index contributed by atoms with van der Waals surface area (Å²) in [6.45, 7) is 2.08. The molecule has 3 heterocycles. The fourth-order valence-electron chi connectivity index (χ4n) is 6.19. The van der Waals surface area contributed by atoms with Gasteiger partial charge in [0.2, 0.25) is 0 Å². The lowest BCUT2D eigenvalue weighted by Gasteiger charge is -2.28. The lowest BCUT2D eigenvalue weighted by molar-refractivity contribution is 0.365. The number of pyridine rings is 2. The van der Waals surface area contributed by atoms with E-state index >= 15 is 0 Å². The molecule has 1 saturated carbocycles. The molecule has 0 amide bonds. The maximum Gasteiger partial charge on any atom is 0.333 e. The van der Waals surface area contributed by atoms with Gasteiger partial charge in [-0.25, -0.2) is 0 Å². The van der Waals surface area contributed by atoms with Gasteiger partial charge in [-0.05, 0) is 67.1 Å². The Bertz CT molecular complexity index is 2000. The maximum atomic E-state index is 14.2. The van der Waals surface area contributed by atoms with E-state index in [1.165, 1.54) is 12.5 Å². The van der Waals surface area contributed by atoms with E-state index < -0.39 is 15.1 Å². The minimum atomic E-state index is -4.93. The average Bonchev–Trinajstić information content (AvgIpc) is 3.34. The number of benzene rings is 2. The number of H-pyrrole nitrogens is 1. The van der Waals surface area contributed by atoms with Gasteiger partial charge in [-0.3, -0.25) is 9.78 Å². The van der Waals surface area contributed by atoms with Gasteiger partial charge in [0.1, 0.15) is 10.5 Å². The minimum absolute atomic E-state index is 0.0875. The second kappa shape index (κ2) is 10.2. The first-order valence-electron chi connectivity index (χ1n) is 13.8. The molecule has 2 aromatic carbocycles. The van der Waals surface area contributed by atoms with Crippen molar-refractivity contribution >= 4 is 43.1 Å². The number of aryl methyl sites for hydroxylation is 1. The molecule has 7 nitrogen and oxygen atoms in total. The van der Waals surface area contributed by atoms with Crippen LogP contribution in [-0.2, 0) is 16.6 Å². The predicted molar refractivity (Wildman–Crippen MR) is 155 cm³/mol. The summed E-state index contributed by atoms with van der Waals surface area (Å²) in [6, 6.07) is 12.9. The zero-order valence-electron chi connectivity index (χ0n) is 22.2. The van der Waals surface area contributed by atoms with Crippen molar-refractivity contribution in [2.45, 2.75) is 69.2 Å². The van der Waals surface area contributed by atoms with Crippen LogP contribution < -0.4 is 5.43 Å². The molecule has 0 aliphatic heterocycles. The van der Waals surface area contributed by atoms with Gasteiger partial charge in [0.05, 0.1) is 22.5 Å². The molecule has 0 unspecified atom stereocenters. The van der Waals surface area contributed by atoms with Crippen LogP contribution in [0.1, 0.15) is 69.0 Å². The molecule has 0 saturated heterocycles. The van der Waals surface area contributed by atoms with Crippen molar-refractivity contribution in [1.82, 2.24) is 14.5 Å². The fraction of sp³-hybridized carbons (Fsp3) is 0.323. The Morgan fingerprint density at radius 3 is 2.62 bits per heavy atom. The second-order valence-electron chi connectivity index (χ2n) is 10.7. The standard InChI is InChI=1S/C31H29FN4O3S/c1-2-3-7-20-14-26-28(15-25(20)21-13-23(18-34-17-21)40(32,38)39)36(22-8-5-4-6-9-22)31-29(30(26)37)24-11-10-19(16-33)12-27(24)35-31/h10-15,17-18,22,35H,2-9H2,1H3. The number of nitrogens with zero attached hydrogens (tertiary/aromatic N) is 3. The van der Waals surface area contributed by atoms with E-state index in [0.29, 0.717) is 28.3 Å². The predicted octanol–water partition coefficient (Wildman–Crippen LogP) is 7.08. The number of aromatic nitrogens is 3. The highest BCUT2D eigenvalue weighted by Crippen LogP contribution is 2.38. The van der Waals surface area contributed by atoms with Crippen molar-refractivity contribution in [3.8, 4) is 17.2 Å². The fourth-order valence-corrected chi connectivity index (χ4v) is 6.65. The molecule has 0 spiro atoms. The molecular weight excluding hydrogens is 527 g/mol. The van der Waals surface area contributed by atoms with E-state index in [9.17, 15) is 22.4 Å². The van der Waals surface area contributed by atoms with Crippen LogP contribution in [0.15, 0.2) is 58.5 Å². The van der Waals surface area contributed by atoms with Crippen LogP contribution in [-0.4, -0.2) is 23.0 Å². The number of hydrogen-bond donors (Lipinski definition) is 1. The highest BCUT2D eigenvalue weighted by atomic mass is 32.3. The van der Waals surface area contributed by atoms with Crippen molar-refractivity contribution in [3.63, 3.8) is 0 Å². The number of rotatable bonds is 6. The maximum absolute atomic E-state index is 14.2. The Labute approximate surface area is 231 Å². The first-order chi connectivity index (χ1) is 19.3. The minimum Gasteiger partial charge on any atom is -0.340 e. The van der Waals surface area contributed by atoms with Gasteiger partial charge in [-0.2, -0.15) is 13.7 Å². The number of unbranched alkanes of at least 4 members (excludes halogenated alkanes) is 1. The molecule has 0 bridgehead atoms. The third-order valence-electron chi connectivity index (χ3n) is 8.15. The van der Waals surface area contributed by atoms with E-state index in [-0.39, 0.29) is 11.5 Å². The number of nitriles is 1. The molecular formula is C31H29FN4O3S. The average molecular weight is 557 g/mol. The van der Waals surface area contributed by atoms with Gasteiger partial charge >= 0.3 is 10.2 Å². The Balaban J connectivity index is 1.73. The summed E-state index contributed by atoms with van der Waals surface area (Å²) in [5.74, 6) is 0. The van der Waals surface area contributed by atoms with Gasteiger partial charge in [0.25, 0.3) is 0 Å². The Hall–Kier alpha value is -4.03. The molecule has 1 N–H and O–H groups in total. The SMILES string of the molecule is CCCCc1cc2c(=O)c3c4ccc(C#N)cc4[nH]c3n(C3CCCCC3)c2cc1-c1cncc(S(=O)(=O)F)c1. The van der Waals surface area contributed by atoms with Crippen LogP contribution in [0, 0.1) is 11.3 Å². The molecule has 40 heavy (non-hydrogen) atoms. The zero-order valence-corrected chi connectivity index (χ0v) is 23.0. The quantitative estimate of drug-likeness (QED) is 0.225. The lowest BCUT2D eigenvalue weighted by atomic mass is 9.92. The van der Waals surface area contributed by atoms with Crippen molar-refractivity contribution in [3.05, 3.63) is 70.1 Å². The Kier molecular flexibility index (Phi) is 6.67. The third kappa shape index (κ3) is 4.46. The largest absolute Gasteiger partial charge is 0.340 e. The topological polar surface area (TPSA) is 109 Å². The van der Waals surface area contributed by atoms with Gasteiger partial charge in [-0.1, -0.05) is 38.7 Å². The van der Waals surface area contributed by atoms with E-state index in [1.807, 2.05) is 18.2 Å². The van der Waals surface area contributed by atoms with Crippen LogP contribution in [0.5, 0.6) is 0 Å². The zero-order chi connectivity index (χ0) is 28.0. The van der Waals surface area contributed by atoms with Gasteiger partial charge in [-0.15, -0.1) is 3.89 Å². The van der Waals surface area contributed by atoms with Gasteiger partial charge in [0.15, 0.2) is 5.43 Å². The molecule has 1 aliphatic carbocycles. The summed E-state index contributed by atoms with van der Waals surface area (Å²) in [5, 5.41) is 11.4. The summed E-state index contributed by atoms with van der Waals surface area (Å²) in [6.07, 6.45) is 10.3. The number of halogens is 1. The van der Waals surface area contributed by atoms with Crippen molar-refractivity contribution < 1.29 is 12.3 Å². The summed E-state index contributed by atoms with van der Waals surface area (Å²) < 4.78 is 39.5. The van der Waals surface area contributed by atoms with E-state index in [2.05, 4.69) is 27.5 Å². The summed E-state index contributed by atoms with van der Waals surface area (Å²) in [7, 11) is -4.93. The van der Waals surface area contributed by atoms with Crippen LogP contribution in [0.4, 0.5) is 3.89 Å². The first kappa shape index (κ1) is 26.2. The molecule has 6 rings (SSSR count). The number of aromatic amines is 1. The summed E-state index contributed by atoms with van der Waals surface area (Å²) in [5.41, 5.74) is 4.76. The van der Waals surface area contributed by atoms with Crippen LogP contribution >= 0.6 is 0 Å². The normalized spacial score (nSPS) is 14.7. The van der Waals surface area contributed by atoms with Crippen LogP contribution in [0.25, 0.3) is 44.0 Å². The lowest BCUT2D eigenvalue weighted by Crippen LogP contribution is -2.18. The monoisotopic (exact) mass is 556 g/mol. The molecule has 1 aliphatic rings. The molecule has 204 valence electrons. The first-order valence-corrected chi connectivity index (χ1v) is 15.1. The van der Waals surface area contributed by atoms with E-state index in [0.717, 1.165) is 77.9 Å². The third-order valence-corrected chi connectivity index (χ3v) is 8.93. The molecule has 1 fully saturated rings. The van der Waals surface area contributed by atoms with Crippen molar-refractivity contribution in [2.24, 2.45) is 0 Å². The van der Waals surface area contributed by atoms with E-state index in [4.69, 9.17) is 0 Å². The Morgan fingerprint density at radius 2 is 1.90 bits per heavy atom. The highest BCUT2D eigenvalue weighted by Gasteiger charge is 2.25. The van der Waals surface area contributed by atoms with E-state index in [1.54, 1.807) is 18.3 Å². The van der Waals surface area contributed by atoms with Gasteiger partial charge in [0, 0.05) is 40.3 Å². The number of fused-ring (bicyclic) bond motifs is 4. The van der Waals surface area contributed by atoms with Crippen LogP contribution in [0.3, 0.4) is 0 Å². The Morgan fingerprint density at radius 1 is 1.10 bits per heavy atom. The molecule has 0 atom stereocenters. The molecule has 9 heteroatoms. The number of hydrogen-bond acceptors (Lipinski definition) is 5. The molecule has 5 aromatic rings.